The molecule has 0 bridgehead atoms. The van der Waals surface area contributed by atoms with Crippen molar-refractivity contribution in [3.05, 3.63) is 31.1 Å². The fraction of sp³-hybridized carbons (Fsp3) is 0. The Morgan fingerprint density at radius 3 is 2.92 bits per heavy atom. The van der Waals surface area contributed by atoms with Crippen molar-refractivity contribution in [3.8, 4) is 5.95 Å². The SMILES string of the molecule is NC(=O)n1ccnc1-n1[c]ncc1. The van der Waals surface area contributed by atoms with Gasteiger partial charge in [0.25, 0.3) is 0 Å². The number of rotatable bonds is 1. The number of amides is 1. The minimum atomic E-state index is -0.588. The summed E-state index contributed by atoms with van der Waals surface area (Å²) < 4.78 is 2.68. The molecule has 6 nitrogen and oxygen atoms in total. The zero-order valence-corrected chi connectivity index (χ0v) is 6.58. The minimum Gasteiger partial charge on any atom is -0.351 e. The zero-order valence-electron chi connectivity index (χ0n) is 6.58. The average Bonchev–Trinajstić information content (AvgIpc) is 2.74. The largest absolute Gasteiger partial charge is 0.351 e. The van der Waals surface area contributed by atoms with Crippen molar-refractivity contribution in [2.75, 3.05) is 0 Å². The number of carbonyl (C=O) groups is 1. The van der Waals surface area contributed by atoms with E-state index in [1.807, 2.05) is 0 Å². The van der Waals surface area contributed by atoms with Gasteiger partial charge in [0.15, 0.2) is 6.33 Å². The Labute approximate surface area is 73.6 Å². The number of nitrogens with zero attached hydrogens (tertiary/aromatic N) is 4. The van der Waals surface area contributed by atoms with Gasteiger partial charge in [-0.15, -0.1) is 0 Å². The van der Waals surface area contributed by atoms with Crippen LogP contribution in [-0.4, -0.2) is 25.1 Å². The van der Waals surface area contributed by atoms with E-state index in [1.54, 1.807) is 12.4 Å². The second kappa shape index (κ2) is 2.74. The number of hydrogen-bond acceptors (Lipinski definition) is 3. The second-order valence-corrected chi connectivity index (χ2v) is 2.33. The maximum atomic E-state index is 10.9. The summed E-state index contributed by atoms with van der Waals surface area (Å²) >= 11 is 0. The first-order valence-electron chi connectivity index (χ1n) is 3.53. The van der Waals surface area contributed by atoms with Gasteiger partial charge in [0.1, 0.15) is 0 Å². The third-order valence-electron chi connectivity index (χ3n) is 1.53. The molecule has 65 valence electrons. The number of primary amides is 1. The first kappa shape index (κ1) is 7.53. The Hall–Kier alpha value is -2.11. The minimum absolute atomic E-state index is 0.380. The maximum Gasteiger partial charge on any atom is 0.325 e. The summed E-state index contributed by atoms with van der Waals surface area (Å²) in [5, 5.41) is 0. The van der Waals surface area contributed by atoms with E-state index in [0.717, 1.165) is 0 Å². The molecule has 0 aliphatic carbocycles. The van der Waals surface area contributed by atoms with Crippen LogP contribution in [0.3, 0.4) is 0 Å². The molecule has 0 aromatic carbocycles. The smallest absolute Gasteiger partial charge is 0.325 e. The van der Waals surface area contributed by atoms with E-state index in [-0.39, 0.29) is 0 Å². The van der Waals surface area contributed by atoms with Crippen molar-refractivity contribution < 1.29 is 4.79 Å². The molecule has 1 amide bonds. The summed E-state index contributed by atoms with van der Waals surface area (Å²) in [6.07, 6.45) is 8.74. The summed E-state index contributed by atoms with van der Waals surface area (Å²) in [6.45, 7) is 0. The fourth-order valence-corrected chi connectivity index (χ4v) is 0.986. The van der Waals surface area contributed by atoms with E-state index in [4.69, 9.17) is 5.73 Å². The van der Waals surface area contributed by atoms with E-state index >= 15 is 0 Å². The van der Waals surface area contributed by atoms with Crippen LogP contribution in [0, 0.1) is 6.33 Å². The molecule has 0 spiro atoms. The van der Waals surface area contributed by atoms with E-state index in [9.17, 15) is 4.79 Å². The molecular formula is C7H6N5O. The predicted molar refractivity (Wildman–Crippen MR) is 43.2 cm³/mol. The van der Waals surface area contributed by atoms with E-state index in [0.29, 0.717) is 5.95 Å². The van der Waals surface area contributed by atoms with Crippen LogP contribution in [0.25, 0.3) is 5.95 Å². The van der Waals surface area contributed by atoms with Crippen LogP contribution in [-0.2, 0) is 0 Å². The normalized spacial score (nSPS) is 10.2. The Morgan fingerprint density at radius 2 is 2.31 bits per heavy atom. The third-order valence-corrected chi connectivity index (χ3v) is 1.53. The molecule has 2 aromatic rings. The molecule has 0 atom stereocenters. The standard InChI is InChI=1S/C7H6N5O/c8-6(13)12-4-2-10-7(12)11-3-1-9-5-11/h1-4H,(H2,8,13). The van der Waals surface area contributed by atoms with Gasteiger partial charge in [0, 0.05) is 24.8 Å². The number of nitrogens with two attached hydrogens (primary N) is 1. The topological polar surface area (TPSA) is 78.7 Å². The van der Waals surface area contributed by atoms with Gasteiger partial charge in [-0.1, -0.05) is 0 Å². The molecule has 0 saturated heterocycles. The third kappa shape index (κ3) is 1.18. The van der Waals surface area contributed by atoms with Gasteiger partial charge in [-0.05, 0) is 0 Å². The quantitative estimate of drug-likeness (QED) is 0.653. The lowest BCUT2D eigenvalue weighted by Crippen LogP contribution is -2.21. The molecule has 0 saturated carbocycles. The molecule has 2 aromatic heterocycles. The molecule has 0 aliphatic rings. The summed E-state index contributed by atoms with van der Waals surface area (Å²) in [5.41, 5.74) is 5.10. The van der Waals surface area contributed by atoms with Crippen LogP contribution in [0.2, 0.25) is 0 Å². The van der Waals surface area contributed by atoms with Gasteiger partial charge < -0.3 is 5.73 Å². The van der Waals surface area contributed by atoms with Crippen LogP contribution >= 0.6 is 0 Å². The molecule has 0 fully saturated rings. The van der Waals surface area contributed by atoms with Crippen LogP contribution in [0.1, 0.15) is 0 Å². The van der Waals surface area contributed by atoms with Crippen molar-refractivity contribution in [1.82, 2.24) is 19.1 Å². The van der Waals surface area contributed by atoms with Gasteiger partial charge in [0.2, 0.25) is 5.95 Å². The molecule has 2 N–H and O–H groups in total. The lowest BCUT2D eigenvalue weighted by molar-refractivity contribution is 0.250. The maximum absolute atomic E-state index is 10.9. The Bertz CT molecular complexity index is 416. The van der Waals surface area contributed by atoms with Crippen LogP contribution in [0.4, 0.5) is 4.79 Å². The molecule has 6 heteroatoms. The van der Waals surface area contributed by atoms with Gasteiger partial charge in [-0.2, -0.15) is 0 Å². The van der Waals surface area contributed by atoms with Crippen molar-refractivity contribution in [2.24, 2.45) is 5.73 Å². The number of aromatic nitrogens is 4. The molecular weight excluding hydrogens is 170 g/mol. The monoisotopic (exact) mass is 176 g/mol. The summed E-state index contributed by atoms with van der Waals surface area (Å²) in [6, 6.07) is -0.588. The van der Waals surface area contributed by atoms with Crippen molar-refractivity contribution >= 4 is 6.03 Å². The summed E-state index contributed by atoms with van der Waals surface area (Å²) in [4.78, 5) is 18.5. The second-order valence-electron chi connectivity index (χ2n) is 2.33. The first-order valence-corrected chi connectivity index (χ1v) is 3.53. The lowest BCUT2D eigenvalue weighted by Gasteiger charge is -2.01. The highest BCUT2D eigenvalue weighted by atomic mass is 16.2. The Kier molecular flexibility index (Phi) is 1.59. The van der Waals surface area contributed by atoms with E-state index in [1.165, 1.54) is 21.5 Å². The van der Waals surface area contributed by atoms with E-state index < -0.39 is 6.03 Å². The summed E-state index contributed by atoms with van der Waals surface area (Å²) in [7, 11) is 0. The fourth-order valence-electron chi connectivity index (χ4n) is 0.986. The highest BCUT2D eigenvalue weighted by Gasteiger charge is 2.07. The lowest BCUT2D eigenvalue weighted by atomic mass is 10.8. The molecule has 2 heterocycles. The number of hydrogen-bond donors (Lipinski definition) is 1. The van der Waals surface area contributed by atoms with Gasteiger partial charge in [-0.25, -0.2) is 19.3 Å². The highest BCUT2D eigenvalue weighted by molar-refractivity contribution is 5.76. The van der Waals surface area contributed by atoms with Crippen LogP contribution in [0.15, 0.2) is 24.8 Å². The van der Waals surface area contributed by atoms with Crippen molar-refractivity contribution in [2.45, 2.75) is 0 Å². The van der Waals surface area contributed by atoms with Gasteiger partial charge in [-0.3, -0.25) is 4.57 Å². The number of imidazole rings is 2. The summed E-state index contributed by atoms with van der Waals surface area (Å²) in [5.74, 6) is 0.380. The molecule has 13 heavy (non-hydrogen) atoms. The Balaban J connectivity index is 2.52. The molecule has 2 rings (SSSR count). The molecule has 0 unspecified atom stereocenters. The van der Waals surface area contributed by atoms with Crippen molar-refractivity contribution in [1.29, 1.82) is 0 Å². The van der Waals surface area contributed by atoms with Crippen molar-refractivity contribution in [3.63, 3.8) is 0 Å². The molecule has 0 aliphatic heterocycles. The van der Waals surface area contributed by atoms with Gasteiger partial charge >= 0.3 is 6.03 Å². The van der Waals surface area contributed by atoms with Gasteiger partial charge in [0.05, 0.1) is 0 Å². The molecule has 1 radical (unpaired) electrons. The van der Waals surface area contributed by atoms with Crippen LogP contribution < -0.4 is 5.73 Å². The first-order chi connectivity index (χ1) is 6.29. The average molecular weight is 176 g/mol. The highest BCUT2D eigenvalue weighted by Crippen LogP contribution is 2.02. The Morgan fingerprint density at radius 1 is 1.46 bits per heavy atom. The van der Waals surface area contributed by atoms with E-state index in [2.05, 4.69) is 16.3 Å². The zero-order chi connectivity index (χ0) is 9.26. The number of carbonyl (C=O) groups excluding carboxylic acids is 1. The predicted octanol–water partition coefficient (Wildman–Crippen LogP) is -0.204. The van der Waals surface area contributed by atoms with Crippen LogP contribution in [0.5, 0.6) is 0 Å².